The minimum absolute atomic E-state index is 0.202. The first-order valence-corrected chi connectivity index (χ1v) is 37.5. The molecule has 24 rings (SSSR count). The van der Waals surface area contributed by atoms with Crippen molar-refractivity contribution in [3.8, 4) is 112 Å². The highest BCUT2D eigenvalue weighted by atomic mass is 35.5. The number of aromatic nitrogens is 6. The van der Waals surface area contributed by atoms with E-state index in [1.165, 1.54) is 138 Å². The van der Waals surface area contributed by atoms with Gasteiger partial charge in [0.25, 0.3) is 0 Å². The molecule has 0 N–H and O–H groups in total. The van der Waals surface area contributed by atoms with Crippen molar-refractivity contribution in [1.29, 1.82) is 0 Å². The van der Waals surface area contributed by atoms with Crippen LogP contribution in [0.2, 0.25) is 5.28 Å². The third-order valence-corrected chi connectivity index (χ3v) is 23.4. The van der Waals surface area contributed by atoms with Gasteiger partial charge in [0.1, 0.15) is 0 Å². The Morgan fingerprint density at radius 3 is 0.945 bits per heavy atom. The van der Waals surface area contributed by atoms with E-state index in [-0.39, 0.29) is 10.7 Å². The summed E-state index contributed by atoms with van der Waals surface area (Å²) in [5.74, 6) is 3.03. The topological polar surface area (TPSA) is 80.6 Å². The van der Waals surface area contributed by atoms with Gasteiger partial charge in [-0.15, -0.1) is 0 Å². The molecule has 8 heteroatoms. The highest BCUT2D eigenvalue weighted by molar-refractivity contribution is 6.28. The SMILES string of the molecule is Clc1nc(-c2ccccc2)nc(-c2ccccc2)n1.c1ccc(-c2nc(-c3ccccc3)nc(N3c4ccccc4-c4ccc5c6c(ccc3c46)C3(c4ccccc4-c4ccccc43)c3ccccc3-5)n2)cc1.c1ccc2c(c1)Cc1ccc3c4c(ccc-2c14)-c1ccccc1C31c2ccccc2-c2ccccc21. The monoisotopic (exact) mass is 1410 g/mol. The number of fused-ring (bicyclic) bond motifs is 22. The van der Waals surface area contributed by atoms with Gasteiger partial charge in [0, 0.05) is 33.2 Å². The summed E-state index contributed by atoms with van der Waals surface area (Å²) in [6, 6.07) is 131. The maximum Gasteiger partial charge on any atom is 0.238 e. The van der Waals surface area contributed by atoms with Crippen molar-refractivity contribution in [2.24, 2.45) is 0 Å². The molecule has 5 aliphatic carbocycles. The molecule has 0 saturated heterocycles. The number of rotatable bonds is 5. The Morgan fingerprint density at radius 1 is 0.211 bits per heavy atom. The molecule has 0 atom stereocenters. The molecule has 2 spiro atoms. The van der Waals surface area contributed by atoms with E-state index >= 15 is 0 Å². The highest BCUT2D eigenvalue weighted by Crippen LogP contribution is 2.66. The van der Waals surface area contributed by atoms with Crippen LogP contribution in [-0.2, 0) is 17.3 Å². The van der Waals surface area contributed by atoms with E-state index < -0.39 is 5.41 Å². The van der Waals surface area contributed by atoms with Crippen LogP contribution < -0.4 is 4.90 Å². The van der Waals surface area contributed by atoms with E-state index in [1.807, 2.05) is 97.1 Å². The zero-order valence-electron chi connectivity index (χ0n) is 58.9. The molecule has 1 aliphatic heterocycles. The number of para-hydroxylation sites is 1. The Balaban J connectivity index is 0.000000114. The van der Waals surface area contributed by atoms with Gasteiger partial charge in [0.2, 0.25) is 11.2 Å². The van der Waals surface area contributed by atoms with Crippen molar-refractivity contribution in [3.63, 3.8) is 0 Å². The molecule has 7 nitrogen and oxygen atoms in total. The zero-order valence-corrected chi connectivity index (χ0v) is 59.6. The van der Waals surface area contributed by atoms with Gasteiger partial charge < -0.3 is 0 Å². The lowest BCUT2D eigenvalue weighted by Crippen LogP contribution is -2.32. The van der Waals surface area contributed by atoms with Crippen molar-refractivity contribution >= 4 is 50.5 Å². The van der Waals surface area contributed by atoms with Crippen molar-refractivity contribution in [2.45, 2.75) is 17.3 Å². The fourth-order valence-electron chi connectivity index (χ4n) is 19.0. The van der Waals surface area contributed by atoms with Crippen LogP contribution >= 0.6 is 11.6 Å². The fourth-order valence-corrected chi connectivity index (χ4v) is 19.1. The Labute approximate surface area is 635 Å². The Morgan fingerprint density at radius 2 is 0.523 bits per heavy atom. The minimum Gasteiger partial charge on any atom is -0.278 e. The number of hydrogen-bond donors (Lipinski definition) is 0. The van der Waals surface area contributed by atoms with E-state index in [9.17, 15) is 0 Å². The van der Waals surface area contributed by atoms with Crippen LogP contribution in [0.1, 0.15) is 55.6 Å². The number of nitrogens with zero attached hydrogens (tertiary/aromatic N) is 7. The zero-order chi connectivity index (χ0) is 71.9. The van der Waals surface area contributed by atoms with Gasteiger partial charge in [-0.2, -0.15) is 19.9 Å². The summed E-state index contributed by atoms with van der Waals surface area (Å²) in [4.78, 5) is 30.6. The third-order valence-electron chi connectivity index (χ3n) is 23.3. The smallest absolute Gasteiger partial charge is 0.238 e. The van der Waals surface area contributed by atoms with Crippen LogP contribution in [-0.4, -0.2) is 29.9 Å². The second kappa shape index (κ2) is 24.6. The highest BCUT2D eigenvalue weighted by Gasteiger charge is 2.52. The summed E-state index contributed by atoms with van der Waals surface area (Å²) < 4.78 is 0. The van der Waals surface area contributed by atoms with Gasteiger partial charge in [-0.3, -0.25) is 4.90 Å². The quantitative estimate of drug-likeness (QED) is 0.170. The van der Waals surface area contributed by atoms with Gasteiger partial charge in [0.05, 0.1) is 22.2 Å². The molecule has 3 heterocycles. The number of hydrogen-bond acceptors (Lipinski definition) is 7. The maximum absolute atomic E-state index is 5.99. The molecule has 18 aromatic rings. The summed E-state index contributed by atoms with van der Waals surface area (Å²) in [7, 11) is 0. The van der Waals surface area contributed by atoms with Gasteiger partial charge in [-0.05, 0) is 163 Å². The molecular weight excluding hydrogens is 1350 g/mol. The first-order valence-electron chi connectivity index (χ1n) is 37.2. The van der Waals surface area contributed by atoms with E-state index in [2.05, 4.69) is 287 Å². The summed E-state index contributed by atoms with van der Waals surface area (Å²) in [6.07, 6.45) is 0.991. The molecule has 0 radical (unpaired) electrons. The van der Waals surface area contributed by atoms with E-state index in [1.54, 1.807) is 0 Å². The van der Waals surface area contributed by atoms with Crippen molar-refractivity contribution in [3.05, 3.63) is 425 Å². The Bertz CT molecular complexity index is 6590. The predicted molar refractivity (Wildman–Crippen MR) is 442 cm³/mol. The molecule has 0 amide bonds. The largest absolute Gasteiger partial charge is 0.278 e. The number of halogens is 1. The van der Waals surface area contributed by atoms with E-state index in [0.717, 1.165) is 45.6 Å². The molecule has 109 heavy (non-hydrogen) atoms. The second-order valence-corrected chi connectivity index (χ2v) is 29.0. The average Bonchev–Trinajstić information content (AvgIpc) is 1.59. The third kappa shape index (κ3) is 9.24. The Hall–Kier alpha value is -13.9. The van der Waals surface area contributed by atoms with Crippen LogP contribution in [0.3, 0.4) is 0 Å². The molecule has 0 unspecified atom stereocenters. The number of anilines is 3. The summed E-state index contributed by atoms with van der Waals surface area (Å²) >= 11 is 5.99. The molecule has 16 aromatic carbocycles. The standard InChI is InChI=1S/C50H30N4.C36H22.C15H10ClN3/c1-3-15-31(16-4-1)47-51-48(32-17-5-2-6-18-32)53-49(52-47)54-43-26-14-10-22-36(43)38-28-27-37-35-21-9-13-25-41(35)50(42-29-30-44(54)46(38)45(37)42)39-23-11-7-19-33(39)34-20-8-12-24-40(34)50;1-2-10-24-22(9-1)21-23-17-20-33-35-29(19-18-28(24)34(23)35)27-13-5-8-16-32(27)36(33)30-14-6-3-11-25(30)26-12-4-7-15-31(26)36;16-15-18-13(11-7-3-1-4-8-11)17-14(19-15)12-9-5-2-6-10-12/h1-30H;1-20H,21H2;1-10H. The van der Waals surface area contributed by atoms with Crippen molar-refractivity contribution in [2.75, 3.05) is 4.90 Å². The Kier molecular flexibility index (Phi) is 14.1. The lowest BCUT2D eigenvalue weighted by molar-refractivity contribution is 0.773. The van der Waals surface area contributed by atoms with E-state index in [4.69, 9.17) is 26.6 Å². The normalized spacial score (nSPS) is 13.5. The van der Waals surface area contributed by atoms with Crippen LogP contribution in [0.15, 0.2) is 364 Å². The van der Waals surface area contributed by atoms with Gasteiger partial charge in [-0.1, -0.05) is 352 Å². The molecule has 2 aromatic heterocycles. The molecule has 0 saturated carbocycles. The second-order valence-electron chi connectivity index (χ2n) is 28.7. The number of benzene rings is 16. The van der Waals surface area contributed by atoms with Crippen LogP contribution in [0, 0.1) is 0 Å². The fraction of sp³-hybridized carbons (Fsp3) is 0.0297. The summed E-state index contributed by atoms with van der Waals surface area (Å²) in [5.41, 5.74) is 34.5. The molecule has 0 fully saturated rings. The average molecular weight is 1410 g/mol. The van der Waals surface area contributed by atoms with Gasteiger partial charge in [0.15, 0.2) is 23.3 Å². The van der Waals surface area contributed by atoms with Crippen LogP contribution in [0.4, 0.5) is 17.3 Å². The first-order chi connectivity index (χ1) is 54.0. The van der Waals surface area contributed by atoms with Gasteiger partial charge in [-0.25, -0.2) is 9.97 Å². The van der Waals surface area contributed by atoms with Crippen molar-refractivity contribution in [1.82, 2.24) is 29.9 Å². The minimum atomic E-state index is -0.482. The molecule has 6 aliphatic rings. The van der Waals surface area contributed by atoms with Crippen LogP contribution in [0.5, 0.6) is 0 Å². The van der Waals surface area contributed by atoms with Crippen LogP contribution in [0.25, 0.3) is 134 Å². The molecule has 0 bridgehead atoms. The molecule has 508 valence electrons. The first kappa shape index (κ1) is 62.5. The maximum atomic E-state index is 5.99. The van der Waals surface area contributed by atoms with Crippen molar-refractivity contribution < 1.29 is 0 Å². The summed E-state index contributed by atoms with van der Waals surface area (Å²) in [5, 5.41) is 5.56. The lowest BCUT2D eigenvalue weighted by atomic mass is 9.60. The predicted octanol–water partition coefficient (Wildman–Crippen LogP) is 24.8. The van der Waals surface area contributed by atoms with E-state index in [0.29, 0.717) is 29.2 Å². The summed E-state index contributed by atoms with van der Waals surface area (Å²) in [6.45, 7) is 0. The van der Waals surface area contributed by atoms with Gasteiger partial charge >= 0.3 is 0 Å². The molecular formula is C101H62ClN7. The lowest BCUT2D eigenvalue weighted by Gasteiger charge is -2.42.